The molecule has 4 aliphatic rings. The van der Waals surface area contributed by atoms with E-state index in [2.05, 4.69) is 34.0 Å². The lowest BCUT2D eigenvalue weighted by Gasteiger charge is -2.39. The highest BCUT2D eigenvalue weighted by molar-refractivity contribution is 9.09. The summed E-state index contributed by atoms with van der Waals surface area (Å²) in [5.41, 5.74) is 0. The summed E-state index contributed by atoms with van der Waals surface area (Å²) in [6, 6.07) is -0.634. The molecule has 4 rings (SSSR count). The van der Waals surface area contributed by atoms with Gasteiger partial charge in [-0.3, -0.25) is 19.3 Å². The van der Waals surface area contributed by atoms with Crippen molar-refractivity contribution in [1.82, 2.24) is 19.6 Å². The number of unbranched alkanes of at least 4 members (excludes halogenated alkanes) is 2. The minimum Gasteiger partial charge on any atom is -0.396 e. The second-order valence-corrected chi connectivity index (χ2v) is 14.3. The zero-order valence-electron chi connectivity index (χ0n) is 24.4. The van der Waals surface area contributed by atoms with Crippen LogP contribution >= 0.6 is 27.7 Å². The highest BCUT2D eigenvalue weighted by Gasteiger charge is 2.75. The van der Waals surface area contributed by atoms with Gasteiger partial charge in [-0.2, -0.15) is 0 Å². The van der Waals surface area contributed by atoms with E-state index in [1.54, 1.807) is 28.8 Å². The minimum absolute atomic E-state index is 0.00257. The highest BCUT2D eigenvalue weighted by atomic mass is 79.9. The molecule has 1 spiro atoms. The summed E-state index contributed by atoms with van der Waals surface area (Å²) in [6.45, 7) is 16.2. The molecule has 0 aromatic carbocycles. The van der Waals surface area contributed by atoms with Crippen molar-refractivity contribution in [3.05, 3.63) is 25.3 Å². The second-order valence-electron chi connectivity index (χ2n) is 11.6. The predicted molar refractivity (Wildman–Crippen MR) is 166 cm³/mol. The lowest BCUT2D eigenvalue weighted by molar-refractivity contribution is -0.144. The van der Waals surface area contributed by atoms with Crippen LogP contribution in [0.25, 0.3) is 0 Å². The van der Waals surface area contributed by atoms with Crippen LogP contribution in [0, 0.1) is 11.8 Å². The Labute approximate surface area is 257 Å². The number of rotatable bonds is 16. The zero-order chi connectivity index (χ0) is 29.6. The first-order valence-electron chi connectivity index (χ1n) is 15.2. The molecule has 1 N–H and O–H groups in total. The van der Waals surface area contributed by atoms with Gasteiger partial charge in [0.05, 0.1) is 29.8 Å². The summed E-state index contributed by atoms with van der Waals surface area (Å²) in [6.07, 6.45) is 7.13. The molecular formula is C30H47BrN4O5S. The SMILES string of the molecule is C=CCN(CCN1CCOCC1)C(=O)C1N(CCCCCO)C(=O)[C@@H]2[C@@H](C(=O)N(CC=C)CCC)[C@@H]3SC12CC3Br. The number of ether oxygens (including phenoxy) is 1. The van der Waals surface area contributed by atoms with Crippen molar-refractivity contribution in [1.29, 1.82) is 0 Å². The molecule has 3 unspecified atom stereocenters. The Morgan fingerprint density at radius 1 is 1.10 bits per heavy atom. The number of carbonyl (C=O) groups is 3. The van der Waals surface area contributed by atoms with Gasteiger partial charge in [0, 0.05) is 69.0 Å². The fraction of sp³-hybridized carbons (Fsp3) is 0.767. The van der Waals surface area contributed by atoms with Crippen LogP contribution in [0.2, 0.25) is 0 Å². The summed E-state index contributed by atoms with van der Waals surface area (Å²) in [5.74, 6) is -1.12. The maximum Gasteiger partial charge on any atom is 0.247 e. The molecular weight excluding hydrogens is 608 g/mol. The summed E-state index contributed by atoms with van der Waals surface area (Å²) in [5, 5.41) is 9.25. The van der Waals surface area contributed by atoms with Gasteiger partial charge in [0.15, 0.2) is 0 Å². The van der Waals surface area contributed by atoms with Crippen molar-refractivity contribution >= 4 is 45.4 Å². The molecule has 4 heterocycles. The Morgan fingerprint density at radius 2 is 1.78 bits per heavy atom. The van der Waals surface area contributed by atoms with Crippen molar-refractivity contribution < 1.29 is 24.2 Å². The average molecular weight is 656 g/mol. The molecule has 230 valence electrons. The monoisotopic (exact) mass is 654 g/mol. The molecule has 0 aromatic rings. The Kier molecular flexibility index (Phi) is 11.8. The Bertz CT molecular complexity index is 965. The number of carbonyl (C=O) groups excluding carboxylic acids is 3. The van der Waals surface area contributed by atoms with E-state index in [4.69, 9.17) is 4.74 Å². The molecule has 9 nitrogen and oxygen atoms in total. The highest BCUT2D eigenvalue weighted by Crippen LogP contribution is 2.68. The topological polar surface area (TPSA) is 93.6 Å². The van der Waals surface area contributed by atoms with E-state index in [1.807, 2.05) is 16.7 Å². The van der Waals surface area contributed by atoms with Crippen LogP contribution in [0.1, 0.15) is 39.0 Å². The number of hydrogen-bond donors (Lipinski definition) is 1. The van der Waals surface area contributed by atoms with Crippen molar-refractivity contribution in [2.24, 2.45) is 11.8 Å². The maximum atomic E-state index is 14.6. The maximum absolute atomic E-state index is 14.6. The molecule has 4 aliphatic heterocycles. The first-order chi connectivity index (χ1) is 19.8. The fourth-order valence-electron chi connectivity index (χ4n) is 7.14. The number of aliphatic hydroxyl groups is 1. The molecule has 2 bridgehead atoms. The molecule has 3 amide bonds. The van der Waals surface area contributed by atoms with Crippen LogP contribution < -0.4 is 0 Å². The Hall–Kier alpha value is -1.40. The normalized spacial score (nSPS) is 30.9. The Morgan fingerprint density at radius 3 is 2.41 bits per heavy atom. The number of alkyl halides is 1. The van der Waals surface area contributed by atoms with Gasteiger partial charge in [0.25, 0.3) is 0 Å². The van der Waals surface area contributed by atoms with Gasteiger partial charge >= 0.3 is 0 Å². The molecule has 0 aliphatic carbocycles. The van der Waals surface area contributed by atoms with Gasteiger partial charge in [0.1, 0.15) is 6.04 Å². The molecule has 4 fully saturated rings. The molecule has 0 saturated carbocycles. The number of amides is 3. The quantitative estimate of drug-likeness (QED) is 0.155. The van der Waals surface area contributed by atoms with E-state index < -0.39 is 22.6 Å². The molecule has 41 heavy (non-hydrogen) atoms. The van der Waals surface area contributed by atoms with E-state index in [9.17, 15) is 19.5 Å². The van der Waals surface area contributed by atoms with Crippen LogP contribution in [0.3, 0.4) is 0 Å². The van der Waals surface area contributed by atoms with Gasteiger partial charge in [0.2, 0.25) is 17.7 Å². The molecule has 11 heteroatoms. The van der Waals surface area contributed by atoms with Crippen molar-refractivity contribution in [3.63, 3.8) is 0 Å². The van der Waals surface area contributed by atoms with E-state index >= 15 is 0 Å². The number of likely N-dealkylation sites (tertiary alicyclic amines) is 1. The number of aliphatic hydroxyl groups excluding tert-OH is 1. The third-order valence-corrected chi connectivity index (χ3v) is 12.2. The van der Waals surface area contributed by atoms with Crippen LogP contribution in [0.4, 0.5) is 0 Å². The molecule has 6 atom stereocenters. The van der Waals surface area contributed by atoms with E-state index in [0.29, 0.717) is 65.2 Å². The first kappa shape index (κ1) is 32.5. The van der Waals surface area contributed by atoms with E-state index in [-0.39, 0.29) is 34.4 Å². The summed E-state index contributed by atoms with van der Waals surface area (Å²) in [4.78, 5) is 50.8. The largest absolute Gasteiger partial charge is 0.396 e. The second kappa shape index (κ2) is 14.9. The lowest BCUT2D eigenvalue weighted by atomic mass is 9.70. The van der Waals surface area contributed by atoms with Gasteiger partial charge < -0.3 is 24.5 Å². The summed E-state index contributed by atoms with van der Waals surface area (Å²) in [7, 11) is 0. The Balaban J connectivity index is 1.65. The predicted octanol–water partition coefficient (Wildman–Crippen LogP) is 2.39. The lowest BCUT2D eigenvalue weighted by Crippen LogP contribution is -2.56. The summed E-state index contributed by atoms with van der Waals surface area (Å²) < 4.78 is 4.83. The first-order valence-corrected chi connectivity index (χ1v) is 17.0. The van der Waals surface area contributed by atoms with Crippen molar-refractivity contribution in [2.75, 3.05) is 72.2 Å². The fourth-order valence-corrected chi connectivity index (χ4v) is 10.7. The number of fused-ring (bicyclic) bond motifs is 1. The van der Waals surface area contributed by atoms with Crippen molar-refractivity contribution in [2.45, 2.75) is 59.9 Å². The zero-order valence-corrected chi connectivity index (χ0v) is 26.8. The number of hydrogen-bond acceptors (Lipinski definition) is 7. The smallest absolute Gasteiger partial charge is 0.247 e. The third-order valence-electron chi connectivity index (χ3n) is 8.97. The number of morpholine rings is 1. The van der Waals surface area contributed by atoms with Gasteiger partial charge in [-0.1, -0.05) is 35.0 Å². The van der Waals surface area contributed by atoms with Gasteiger partial charge in [-0.05, 0) is 32.1 Å². The van der Waals surface area contributed by atoms with Crippen LogP contribution in [-0.2, 0) is 19.1 Å². The van der Waals surface area contributed by atoms with E-state index in [0.717, 1.165) is 32.5 Å². The number of halogens is 1. The standard InChI is InChI=1S/C30H47BrN4O5S/c1-4-10-33(11-5-2)27(37)23-24-28(38)35(13-8-7-9-18-36)26(30(24)21-22(31)25(23)41-30)29(39)34(12-6-3)15-14-32-16-19-40-20-17-32/h4,6,22-26,36H,1,3,5,7-21H2,2H3/t22?,23-,24+,25-,26?,30?/m1/s1. The molecule has 0 radical (unpaired) electrons. The third kappa shape index (κ3) is 6.59. The van der Waals surface area contributed by atoms with Crippen molar-refractivity contribution in [3.8, 4) is 0 Å². The molecule has 0 aromatic heterocycles. The van der Waals surface area contributed by atoms with E-state index in [1.165, 1.54) is 0 Å². The van der Waals surface area contributed by atoms with Gasteiger partial charge in [-0.25, -0.2) is 0 Å². The van der Waals surface area contributed by atoms with Gasteiger partial charge in [-0.15, -0.1) is 24.9 Å². The minimum atomic E-state index is -0.658. The van der Waals surface area contributed by atoms with Crippen LogP contribution in [0.15, 0.2) is 25.3 Å². The molecule has 4 saturated heterocycles. The number of nitrogens with zero attached hydrogens (tertiary/aromatic N) is 4. The summed E-state index contributed by atoms with van der Waals surface area (Å²) >= 11 is 5.57. The number of thioether (sulfide) groups is 1. The van der Waals surface area contributed by atoms with Crippen LogP contribution in [0.5, 0.6) is 0 Å². The van der Waals surface area contributed by atoms with Crippen LogP contribution in [-0.4, -0.2) is 135 Å². The average Bonchev–Trinajstić information content (AvgIpc) is 3.56.